The van der Waals surface area contributed by atoms with E-state index in [1.807, 2.05) is 0 Å². The predicted molar refractivity (Wildman–Crippen MR) is 55.3 cm³/mol. The Morgan fingerprint density at radius 2 is 2.27 bits per heavy atom. The maximum absolute atomic E-state index is 11.5. The number of aliphatic hydroxyl groups is 2. The van der Waals surface area contributed by atoms with Gasteiger partial charge in [0.1, 0.15) is 0 Å². The fraction of sp³-hybridized carbons (Fsp3) is 0.364. The van der Waals surface area contributed by atoms with Crippen LogP contribution >= 0.6 is 0 Å². The lowest BCUT2D eigenvalue weighted by atomic mass is 10.2. The molecule has 1 aromatic carbocycles. The molecule has 4 nitrogen and oxygen atoms in total. The molecule has 1 saturated heterocycles. The Bertz CT molecular complexity index is 378. The number of aliphatic hydroxyl groups excluding tert-OH is 2. The number of hydrogen-bond acceptors (Lipinski definition) is 3. The zero-order valence-corrected chi connectivity index (χ0v) is 8.26. The maximum Gasteiger partial charge on any atom is 0.229 e. The first-order valence-corrected chi connectivity index (χ1v) is 4.89. The van der Waals surface area contributed by atoms with Gasteiger partial charge in [-0.2, -0.15) is 0 Å². The fourth-order valence-corrected chi connectivity index (χ4v) is 1.76. The molecule has 1 aliphatic heterocycles. The first-order chi connectivity index (χ1) is 7.20. The van der Waals surface area contributed by atoms with Crippen molar-refractivity contribution in [2.75, 3.05) is 11.4 Å². The van der Waals surface area contributed by atoms with Crippen LogP contribution in [0, 0.1) is 0 Å². The number of β-amino-alcohol motifs (C(OH)–C–C–N with tert-alkyl or cyclic N) is 1. The summed E-state index contributed by atoms with van der Waals surface area (Å²) in [5.74, 6) is -0.0717. The van der Waals surface area contributed by atoms with Crippen LogP contribution < -0.4 is 4.90 Å². The maximum atomic E-state index is 11.5. The summed E-state index contributed by atoms with van der Waals surface area (Å²) in [6.45, 7) is 0.298. The third-order valence-electron chi connectivity index (χ3n) is 2.51. The van der Waals surface area contributed by atoms with Crippen molar-refractivity contribution in [1.82, 2.24) is 0 Å². The Labute approximate surface area is 87.8 Å². The molecule has 0 spiro atoms. The molecule has 15 heavy (non-hydrogen) atoms. The van der Waals surface area contributed by atoms with Crippen LogP contribution in [0.15, 0.2) is 24.3 Å². The van der Waals surface area contributed by atoms with Gasteiger partial charge in [-0.1, -0.05) is 12.1 Å². The van der Waals surface area contributed by atoms with Gasteiger partial charge in [-0.05, 0) is 17.7 Å². The number of hydrogen-bond donors (Lipinski definition) is 2. The molecule has 2 rings (SSSR count). The molecule has 1 aromatic rings. The lowest BCUT2D eigenvalue weighted by molar-refractivity contribution is -0.117. The van der Waals surface area contributed by atoms with E-state index < -0.39 is 6.10 Å². The van der Waals surface area contributed by atoms with Crippen LogP contribution in [0.3, 0.4) is 0 Å². The van der Waals surface area contributed by atoms with E-state index in [0.717, 1.165) is 11.3 Å². The highest BCUT2D eigenvalue weighted by atomic mass is 16.3. The van der Waals surface area contributed by atoms with E-state index >= 15 is 0 Å². The number of rotatable bonds is 2. The molecule has 1 unspecified atom stereocenters. The van der Waals surface area contributed by atoms with Crippen molar-refractivity contribution in [2.24, 2.45) is 0 Å². The van der Waals surface area contributed by atoms with Gasteiger partial charge >= 0.3 is 0 Å². The van der Waals surface area contributed by atoms with Crippen LogP contribution in [0.4, 0.5) is 5.69 Å². The summed E-state index contributed by atoms with van der Waals surface area (Å²) in [6.07, 6.45) is -0.390. The number of carbonyl (C=O) groups is 1. The number of amides is 1. The third kappa shape index (κ3) is 2.00. The van der Waals surface area contributed by atoms with E-state index in [-0.39, 0.29) is 18.9 Å². The molecule has 1 fully saturated rings. The van der Waals surface area contributed by atoms with E-state index in [1.54, 1.807) is 29.2 Å². The summed E-state index contributed by atoms with van der Waals surface area (Å²) in [4.78, 5) is 13.0. The van der Waals surface area contributed by atoms with E-state index in [2.05, 4.69) is 0 Å². The first-order valence-electron chi connectivity index (χ1n) is 4.89. The highest BCUT2D eigenvalue weighted by Crippen LogP contribution is 2.22. The molecule has 4 heteroatoms. The van der Waals surface area contributed by atoms with Crippen LogP contribution in [0.25, 0.3) is 0 Å². The van der Waals surface area contributed by atoms with Crippen molar-refractivity contribution in [3.8, 4) is 0 Å². The minimum absolute atomic E-state index is 0.0432. The van der Waals surface area contributed by atoms with Crippen molar-refractivity contribution >= 4 is 11.6 Å². The summed E-state index contributed by atoms with van der Waals surface area (Å²) in [5.41, 5.74) is 1.50. The van der Waals surface area contributed by atoms with Crippen LogP contribution in [-0.2, 0) is 11.4 Å². The summed E-state index contributed by atoms with van der Waals surface area (Å²) < 4.78 is 0. The van der Waals surface area contributed by atoms with Gasteiger partial charge in [0.05, 0.1) is 25.7 Å². The highest BCUT2D eigenvalue weighted by Gasteiger charge is 2.28. The van der Waals surface area contributed by atoms with Gasteiger partial charge in [0.25, 0.3) is 0 Å². The molecule has 0 radical (unpaired) electrons. The highest BCUT2D eigenvalue weighted by molar-refractivity contribution is 5.96. The van der Waals surface area contributed by atoms with Gasteiger partial charge in [0, 0.05) is 5.69 Å². The second-order valence-electron chi connectivity index (χ2n) is 3.69. The molecule has 0 saturated carbocycles. The van der Waals surface area contributed by atoms with Gasteiger partial charge in [0.15, 0.2) is 0 Å². The van der Waals surface area contributed by atoms with Crippen LogP contribution in [0.2, 0.25) is 0 Å². The minimum atomic E-state index is -0.574. The summed E-state index contributed by atoms with van der Waals surface area (Å²) in [5, 5.41) is 18.3. The summed E-state index contributed by atoms with van der Waals surface area (Å²) >= 11 is 0. The Hall–Kier alpha value is -1.39. The van der Waals surface area contributed by atoms with Crippen molar-refractivity contribution < 1.29 is 15.0 Å². The zero-order valence-electron chi connectivity index (χ0n) is 8.26. The number of anilines is 1. The molecule has 1 aliphatic rings. The smallest absolute Gasteiger partial charge is 0.229 e. The lowest BCUT2D eigenvalue weighted by Gasteiger charge is -2.16. The molecule has 0 aromatic heterocycles. The quantitative estimate of drug-likeness (QED) is 0.732. The average molecular weight is 207 g/mol. The molecule has 80 valence electrons. The molecule has 0 bridgehead atoms. The van der Waals surface area contributed by atoms with Crippen molar-refractivity contribution in [3.05, 3.63) is 29.8 Å². The number of carbonyl (C=O) groups excluding carboxylic acids is 1. The van der Waals surface area contributed by atoms with Crippen molar-refractivity contribution in [3.63, 3.8) is 0 Å². The molecular weight excluding hydrogens is 194 g/mol. The largest absolute Gasteiger partial charge is 0.392 e. The van der Waals surface area contributed by atoms with Crippen molar-refractivity contribution in [2.45, 2.75) is 19.1 Å². The second-order valence-corrected chi connectivity index (χ2v) is 3.69. The van der Waals surface area contributed by atoms with Gasteiger partial charge in [-0.15, -0.1) is 0 Å². The normalized spacial score (nSPS) is 21.1. The Balaban J connectivity index is 2.25. The van der Waals surface area contributed by atoms with Gasteiger partial charge in [-0.3, -0.25) is 4.79 Å². The van der Waals surface area contributed by atoms with Gasteiger partial charge in [0.2, 0.25) is 5.91 Å². The fourth-order valence-electron chi connectivity index (χ4n) is 1.76. The Morgan fingerprint density at radius 1 is 1.47 bits per heavy atom. The van der Waals surface area contributed by atoms with Gasteiger partial charge < -0.3 is 15.1 Å². The van der Waals surface area contributed by atoms with Crippen LogP contribution in [-0.4, -0.2) is 28.8 Å². The standard InChI is InChI=1S/C11H13NO3/c13-7-8-2-1-3-9(4-8)12-6-10(14)5-11(12)15/h1-4,10,13-14H,5-7H2. The lowest BCUT2D eigenvalue weighted by Crippen LogP contribution is -2.25. The molecule has 1 heterocycles. The second kappa shape index (κ2) is 4.00. The topological polar surface area (TPSA) is 60.8 Å². The van der Waals surface area contributed by atoms with E-state index in [1.165, 1.54) is 0 Å². The molecule has 1 atom stereocenters. The Morgan fingerprint density at radius 3 is 2.87 bits per heavy atom. The van der Waals surface area contributed by atoms with Crippen LogP contribution in [0.5, 0.6) is 0 Å². The van der Waals surface area contributed by atoms with Gasteiger partial charge in [-0.25, -0.2) is 0 Å². The zero-order chi connectivity index (χ0) is 10.8. The van der Waals surface area contributed by atoms with E-state index in [0.29, 0.717) is 6.54 Å². The van der Waals surface area contributed by atoms with Crippen molar-refractivity contribution in [1.29, 1.82) is 0 Å². The van der Waals surface area contributed by atoms with E-state index in [9.17, 15) is 9.90 Å². The number of nitrogens with zero attached hydrogens (tertiary/aromatic N) is 1. The third-order valence-corrected chi connectivity index (χ3v) is 2.51. The summed E-state index contributed by atoms with van der Waals surface area (Å²) in [7, 11) is 0. The SMILES string of the molecule is O=C1CC(O)CN1c1cccc(CO)c1. The molecule has 1 amide bonds. The monoisotopic (exact) mass is 207 g/mol. The molecule has 0 aliphatic carbocycles. The summed E-state index contributed by atoms with van der Waals surface area (Å²) in [6, 6.07) is 7.14. The van der Waals surface area contributed by atoms with E-state index in [4.69, 9.17) is 5.11 Å². The minimum Gasteiger partial charge on any atom is -0.392 e. The molecule has 2 N–H and O–H groups in total. The first kappa shape index (κ1) is 10.1. The average Bonchev–Trinajstić information content (AvgIpc) is 2.58. The predicted octanol–water partition coefficient (Wildman–Crippen LogP) is 0.277. The Kier molecular flexibility index (Phi) is 2.70. The number of benzene rings is 1. The van der Waals surface area contributed by atoms with Crippen LogP contribution in [0.1, 0.15) is 12.0 Å². The molecular formula is C11H13NO3.